The molecule has 0 fully saturated rings. The van der Waals surface area contributed by atoms with Crippen LogP contribution in [0.1, 0.15) is 21.7 Å². The Morgan fingerprint density at radius 1 is 1.07 bits per heavy atom. The third-order valence-electron chi connectivity index (χ3n) is 3.69. The highest BCUT2D eigenvalue weighted by molar-refractivity contribution is 7.99. The summed E-state index contributed by atoms with van der Waals surface area (Å²) in [5.74, 6) is -0.460. The number of hydrogen-bond acceptors (Lipinski definition) is 6. The molecule has 9 heteroatoms. The van der Waals surface area contributed by atoms with Crippen molar-refractivity contribution in [3.8, 4) is 0 Å². The van der Waals surface area contributed by atoms with Crippen LogP contribution in [0.5, 0.6) is 0 Å². The summed E-state index contributed by atoms with van der Waals surface area (Å²) < 4.78 is 0. The van der Waals surface area contributed by atoms with E-state index in [1.807, 2.05) is 32.0 Å². The zero-order chi connectivity index (χ0) is 20.3. The molecular formula is C19H15ClN4O3S. The number of nitrogens with zero attached hydrogens (tertiary/aromatic N) is 3. The highest BCUT2D eigenvalue weighted by Crippen LogP contribution is 2.27. The molecule has 7 nitrogen and oxygen atoms in total. The van der Waals surface area contributed by atoms with Crippen molar-refractivity contribution in [2.45, 2.75) is 23.9 Å². The number of aromatic nitrogens is 2. The van der Waals surface area contributed by atoms with Gasteiger partial charge in [-0.2, -0.15) is 0 Å². The van der Waals surface area contributed by atoms with Gasteiger partial charge in [0.25, 0.3) is 11.6 Å². The molecule has 0 spiro atoms. The number of nitrogens with one attached hydrogen (secondary N) is 1. The summed E-state index contributed by atoms with van der Waals surface area (Å²) in [6, 6.07) is 13.0. The molecule has 3 aromatic rings. The van der Waals surface area contributed by atoms with Gasteiger partial charge in [0.1, 0.15) is 5.02 Å². The van der Waals surface area contributed by atoms with Crippen LogP contribution < -0.4 is 5.32 Å². The summed E-state index contributed by atoms with van der Waals surface area (Å²) in [6.07, 6.45) is 0. The maximum Gasteiger partial charge on any atom is 0.288 e. The van der Waals surface area contributed by atoms with E-state index in [0.29, 0.717) is 10.8 Å². The van der Waals surface area contributed by atoms with Gasteiger partial charge in [0.2, 0.25) is 0 Å². The van der Waals surface area contributed by atoms with Crippen molar-refractivity contribution < 1.29 is 9.72 Å². The van der Waals surface area contributed by atoms with Crippen molar-refractivity contribution in [2.24, 2.45) is 0 Å². The second kappa shape index (κ2) is 8.37. The Hall–Kier alpha value is -2.97. The third-order valence-corrected chi connectivity index (χ3v) is 4.88. The summed E-state index contributed by atoms with van der Waals surface area (Å²) in [7, 11) is 0. The molecule has 0 radical (unpaired) electrons. The van der Waals surface area contributed by atoms with Crippen molar-refractivity contribution in [3.63, 3.8) is 0 Å². The standard InChI is InChI=1S/C19H15ClN4O3S/c1-11-9-12(2)22-19(21-11)28-15-6-4-14(5-7-15)23-18(25)13-3-8-16(20)17(10-13)24(26)27/h3-10H,1-2H3,(H,23,25). The van der Waals surface area contributed by atoms with E-state index in [-0.39, 0.29) is 16.3 Å². The molecule has 0 bridgehead atoms. The van der Waals surface area contributed by atoms with E-state index in [1.165, 1.54) is 23.9 Å². The minimum atomic E-state index is -0.625. The molecule has 0 saturated heterocycles. The van der Waals surface area contributed by atoms with E-state index in [0.717, 1.165) is 22.3 Å². The maximum absolute atomic E-state index is 12.3. The molecular weight excluding hydrogens is 400 g/mol. The average molecular weight is 415 g/mol. The normalized spacial score (nSPS) is 10.5. The van der Waals surface area contributed by atoms with Gasteiger partial charge in [0.05, 0.1) is 4.92 Å². The summed E-state index contributed by atoms with van der Waals surface area (Å²) >= 11 is 7.20. The van der Waals surface area contributed by atoms with Gasteiger partial charge >= 0.3 is 0 Å². The van der Waals surface area contributed by atoms with Crippen LogP contribution in [-0.2, 0) is 0 Å². The molecule has 1 heterocycles. The average Bonchev–Trinajstić information content (AvgIpc) is 2.62. The van der Waals surface area contributed by atoms with Crippen LogP contribution in [-0.4, -0.2) is 20.8 Å². The molecule has 0 aliphatic heterocycles. The van der Waals surface area contributed by atoms with Gasteiger partial charge in [0, 0.05) is 33.6 Å². The fraction of sp³-hybridized carbons (Fsp3) is 0.105. The molecule has 1 amide bonds. The number of carbonyl (C=O) groups is 1. The lowest BCUT2D eigenvalue weighted by Gasteiger charge is -2.07. The first-order chi connectivity index (χ1) is 13.3. The first-order valence-corrected chi connectivity index (χ1v) is 9.37. The highest BCUT2D eigenvalue weighted by Gasteiger charge is 2.16. The van der Waals surface area contributed by atoms with E-state index in [4.69, 9.17) is 11.6 Å². The van der Waals surface area contributed by atoms with Gasteiger partial charge in [-0.15, -0.1) is 0 Å². The van der Waals surface area contributed by atoms with Crippen LogP contribution in [0.4, 0.5) is 11.4 Å². The number of nitro benzene ring substituents is 1. The maximum atomic E-state index is 12.3. The van der Waals surface area contributed by atoms with Gasteiger partial charge in [-0.25, -0.2) is 9.97 Å². The summed E-state index contributed by atoms with van der Waals surface area (Å²) in [5.41, 5.74) is 2.20. The number of carbonyl (C=O) groups excluding carboxylic acids is 1. The van der Waals surface area contributed by atoms with Gasteiger partial charge < -0.3 is 5.32 Å². The summed E-state index contributed by atoms with van der Waals surface area (Å²) in [4.78, 5) is 32.4. The van der Waals surface area contributed by atoms with Crippen molar-refractivity contribution >= 4 is 40.6 Å². The molecule has 0 aliphatic rings. The Kier molecular flexibility index (Phi) is 5.91. The third kappa shape index (κ3) is 4.85. The Morgan fingerprint density at radius 3 is 2.32 bits per heavy atom. The van der Waals surface area contributed by atoms with Crippen LogP contribution in [0.2, 0.25) is 5.02 Å². The fourth-order valence-electron chi connectivity index (χ4n) is 2.45. The minimum absolute atomic E-state index is 0.0171. The van der Waals surface area contributed by atoms with E-state index < -0.39 is 10.8 Å². The number of amides is 1. The quantitative estimate of drug-likeness (QED) is 0.356. The number of nitro groups is 1. The minimum Gasteiger partial charge on any atom is -0.322 e. The van der Waals surface area contributed by atoms with Crippen molar-refractivity contribution in [1.82, 2.24) is 9.97 Å². The lowest BCUT2D eigenvalue weighted by atomic mass is 10.2. The predicted molar refractivity (Wildman–Crippen MR) is 108 cm³/mol. The predicted octanol–water partition coefficient (Wildman–Crippen LogP) is 5.06. The van der Waals surface area contributed by atoms with Gasteiger partial charge in [-0.3, -0.25) is 14.9 Å². The zero-order valence-corrected chi connectivity index (χ0v) is 16.5. The van der Waals surface area contributed by atoms with Crippen molar-refractivity contribution in [2.75, 3.05) is 5.32 Å². The number of anilines is 1. The van der Waals surface area contributed by atoms with Crippen LogP contribution in [0.15, 0.2) is 58.6 Å². The van der Waals surface area contributed by atoms with E-state index in [9.17, 15) is 14.9 Å². The highest BCUT2D eigenvalue weighted by atomic mass is 35.5. The van der Waals surface area contributed by atoms with E-state index >= 15 is 0 Å². The Bertz CT molecular complexity index is 1040. The van der Waals surface area contributed by atoms with Crippen LogP contribution >= 0.6 is 23.4 Å². The van der Waals surface area contributed by atoms with Gasteiger partial charge in [-0.1, -0.05) is 11.6 Å². The second-order valence-corrected chi connectivity index (χ2v) is 7.39. The molecule has 2 aromatic carbocycles. The molecule has 0 unspecified atom stereocenters. The summed E-state index contributed by atoms with van der Waals surface area (Å²) in [6.45, 7) is 3.83. The van der Waals surface area contributed by atoms with E-state index in [2.05, 4.69) is 15.3 Å². The first kappa shape index (κ1) is 19.8. The molecule has 1 N–H and O–H groups in total. The first-order valence-electron chi connectivity index (χ1n) is 8.17. The molecule has 142 valence electrons. The largest absolute Gasteiger partial charge is 0.322 e. The number of halogens is 1. The van der Waals surface area contributed by atoms with Gasteiger partial charge in [-0.05, 0) is 68.1 Å². The number of rotatable bonds is 5. The van der Waals surface area contributed by atoms with Crippen molar-refractivity contribution in [3.05, 3.63) is 80.6 Å². The van der Waals surface area contributed by atoms with Gasteiger partial charge in [0.15, 0.2) is 5.16 Å². The molecule has 28 heavy (non-hydrogen) atoms. The molecule has 0 saturated carbocycles. The molecule has 3 rings (SSSR count). The number of aryl methyl sites for hydroxylation is 2. The van der Waals surface area contributed by atoms with Crippen molar-refractivity contribution in [1.29, 1.82) is 0 Å². The molecule has 0 aliphatic carbocycles. The Morgan fingerprint density at radius 2 is 1.71 bits per heavy atom. The molecule has 1 aromatic heterocycles. The smallest absolute Gasteiger partial charge is 0.288 e. The fourth-order valence-corrected chi connectivity index (χ4v) is 3.50. The second-order valence-electron chi connectivity index (χ2n) is 5.94. The zero-order valence-electron chi connectivity index (χ0n) is 15.0. The lowest BCUT2D eigenvalue weighted by molar-refractivity contribution is -0.384. The monoisotopic (exact) mass is 414 g/mol. The topological polar surface area (TPSA) is 98.0 Å². The van der Waals surface area contributed by atoms with Crippen LogP contribution in [0.25, 0.3) is 0 Å². The SMILES string of the molecule is Cc1cc(C)nc(Sc2ccc(NC(=O)c3ccc(Cl)c([N+](=O)[O-])c3)cc2)n1. The Balaban J connectivity index is 1.71. The summed E-state index contributed by atoms with van der Waals surface area (Å²) in [5, 5.41) is 14.3. The molecule has 0 atom stereocenters. The van der Waals surface area contributed by atoms with E-state index in [1.54, 1.807) is 12.1 Å². The lowest BCUT2D eigenvalue weighted by Crippen LogP contribution is -2.12. The Labute approximate surface area is 170 Å². The van der Waals surface area contributed by atoms with Crippen LogP contribution in [0.3, 0.4) is 0 Å². The number of hydrogen-bond donors (Lipinski definition) is 1. The number of benzene rings is 2. The van der Waals surface area contributed by atoms with Crippen LogP contribution in [0, 0.1) is 24.0 Å².